The molecular formula is C16H21N3O3S. The minimum Gasteiger partial charge on any atom is -0.327 e. The van der Waals surface area contributed by atoms with E-state index in [0.717, 1.165) is 6.42 Å². The fourth-order valence-corrected chi connectivity index (χ4v) is 3.12. The molecule has 1 amide bonds. The van der Waals surface area contributed by atoms with Crippen LogP contribution in [0, 0.1) is 16.0 Å². The molecule has 0 radical (unpaired) electrons. The van der Waals surface area contributed by atoms with Gasteiger partial charge < -0.3 is 10.6 Å². The second-order valence-corrected chi connectivity index (χ2v) is 6.23. The summed E-state index contributed by atoms with van der Waals surface area (Å²) < 4.78 is 0. The molecule has 0 unspecified atom stereocenters. The number of carbonyl (C=O) groups excluding carboxylic acids is 1. The smallest absolute Gasteiger partial charge is 0.292 e. The van der Waals surface area contributed by atoms with Gasteiger partial charge in [0.25, 0.3) is 5.69 Å². The highest BCUT2D eigenvalue weighted by Gasteiger charge is 2.16. The molecule has 1 aliphatic rings. The van der Waals surface area contributed by atoms with Crippen molar-refractivity contribution < 1.29 is 9.72 Å². The average molecular weight is 335 g/mol. The number of benzene rings is 1. The first kappa shape index (κ1) is 17.3. The summed E-state index contributed by atoms with van der Waals surface area (Å²) in [5.41, 5.74) is 0.196. The molecule has 0 bridgehead atoms. The monoisotopic (exact) mass is 335 g/mol. The molecule has 1 fully saturated rings. The molecule has 1 aromatic rings. The predicted octanol–water partition coefficient (Wildman–Crippen LogP) is 3.77. The number of thiocarbonyl (C=S) groups is 1. The van der Waals surface area contributed by atoms with E-state index >= 15 is 0 Å². The standard InChI is InChI=1S/C16H21N3O3S/c20-15(11-10-12-6-2-1-3-7-12)18-16(23)17-13-8-4-5-9-14(13)19(21)22/h4-5,8-9,12H,1-3,6-7,10-11H2,(H2,17,18,20,23). The predicted molar refractivity (Wildman–Crippen MR) is 93.3 cm³/mol. The fraction of sp³-hybridized carbons (Fsp3) is 0.500. The number of nitrogens with one attached hydrogen (secondary N) is 2. The van der Waals surface area contributed by atoms with Gasteiger partial charge in [-0.15, -0.1) is 0 Å². The molecule has 0 spiro atoms. The molecular weight excluding hydrogens is 314 g/mol. The van der Waals surface area contributed by atoms with E-state index in [1.807, 2.05) is 0 Å². The maximum Gasteiger partial charge on any atom is 0.292 e. The maximum absolute atomic E-state index is 11.9. The molecule has 0 atom stereocenters. The molecule has 1 aliphatic carbocycles. The van der Waals surface area contributed by atoms with Gasteiger partial charge in [-0.3, -0.25) is 14.9 Å². The maximum atomic E-state index is 11.9. The number of nitrogens with zero attached hydrogens (tertiary/aromatic N) is 1. The van der Waals surface area contributed by atoms with Gasteiger partial charge >= 0.3 is 0 Å². The van der Waals surface area contributed by atoms with Crippen LogP contribution in [0.5, 0.6) is 0 Å². The van der Waals surface area contributed by atoms with Crippen LogP contribution < -0.4 is 10.6 Å². The third-order valence-electron chi connectivity index (χ3n) is 4.11. The number of anilines is 1. The molecule has 0 saturated heterocycles. The number of carbonyl (C=O) groups is 1. The molecule has 23 heavy (non-hydrogen) atoms. The van der Waals surface area contributed by atoms with Crippen molar-refractivity contribution in [2.75, 3.05) is 5.32 Å². The topological polar surface area (TPSA) is 84.3 Å². The minimum absolute atomic E-state index is 0.0775. The molecule has 0 aromatic heterocycles. The van der Waals surface area contributed by atoms with Crippen molar-refractivity contribution in [3.8, 4) is 0 Å². The minimum atomic E-state index is -0.490. The van der Waals surface area contributed by atoms with Crippen LogP contribution in [-0.2, 0) is 4.79 Å². The van der Waals surface area contributed by atoms with Crippen LogP contribution in [0.3, 0.4) is 0 Å². The molecule has 2 rings (SSSR count). The van der Waals surface area contributed by atoms with Gasteiger partial charge in [0, 0.05) is 12.5 Å². The summed E-state index contributed by atoms with van der Waals surface area (Å²) in [5.74, 6) is 0.484. The Labute approximate surface area is 140 Å². The van der Waals surface area contributed by atoms with E-state index < -0.39 is 4.92 Å². The SMILES string of the molecule is O=C(CCC1CCCCC1)NC(=S)Nc1ccccc1[N+](=O)[O-]. The van der Waals surface area contributed by atoms with Gasteiger partial charge in [-0.2, -0.15) is 0 Å². The van der Waals surface area contributed by atoms with Gasteiger partial charge in [0.1, 0.15) is 5.69 Å². The normalized spacial score (nSPS) is 15.0. The lowest BCUT2D eigenvalue weighted by Gasteiger charge is -2.21. The fourth-order valence-electron chi connectivity index (χ4n) is 2.89. The summed E-state index contributed by atoms with van der Waals surface area (Å²) in [6, 6.07) is 6.19. The zero-order chi connectivity index (χ0) is 16.7. The van der Waals surface area contributed by atoms with Gasteiger partial charge in [-0.05, 0) is 30.6 Å². The van der Waals surface area contributed by atoms with Crippen molar-refractivity contribution >= 4 is 34.6 Å². The largest absolute Gasteiger partial charge is 0.327 e. The lowest BCUT2D eigenvalue weighted by Crippen LogP contribution is -2.34. The van der Waals surface area contributed by atoms with E-state index in [9.17, 15) is 14.9 Å². The first-order valence-electron chi connectivity index (χ1n) is 7.90. The first-order valence-corrected chi connectivity index (χ1v) is 8.31. The van der Waals surface area contributed by atoms with Crippen molar-refractivity contribution in [1.29, 1.82) is 0 Å². The number of nitro benzene ring substituents is 1. The summed E-state index contributed by atoms with van der Waals surface area (Å²) in [6.07, 6.45) is 7.52. The Morgan fingerprint density at radius 3 is 2.65 bits per heavy atom. The van der Waals surface area contributed by atoms with Crippen LogP contribution in [0.15, 0.2) is 24.3 Å². The number of para-hydroxylation sites is 2. The van der Waals surface area contributed by atoms with Crippen LogP contribution in [0.1, 0.15) is 44.9 Å². The molecule has 0 aliphatic heterocycles. The Morgan fingerprint density at radius 2 is 1.96 bits per heavy atom. The van der Waals surface area contributed by atoms with Gasteiger partial charge in [0.2, 0.25) is 5.91 Å². The summed E-state index contributed by atoms with van der Waals surface area (Å²) >= 11 is 5.06. The number of hydrogen-bond donors (Lipinski definition) is 2. The Morgan fingerprint density at radius 1 is 1.26 bits per heavy atom. The highest BCUT2D eigenvalue weighted by molar-refractivity contribution is 7.80. The quantitative estimate of drug-likeness (QED) is 0.486. The van der Waals surface area contributed by atoms with Gasteiger partial charge in [-0.1, -0.05) is 44.2 Å². The molecule has 0 heterocycles. The van der Waals surface area contributed by atoms with Crippen LogP contribution >= 0.6 is 12.2 Å². The van der Waals surface area contributed by atoms with E-state index in [-0.39, 0.29) is 22.4 Å². The van der Waals surface area contributed by atoms with Crippen LogP contribution in [0.25, 0.3) is 0 Å². The molecule has 124 valence electrons. The van der Waals surface area contributed by atoms with Gasteiger partial charge in [0.05, 0.1) is 4.92 Å². The molecule has 6 nitrogen and oxygen atoms in total. The third kappa shape index (κ3) is 5.59. The van der Waals surface area contributed by atoms with E-state index in [4.69, 9.17) is 12.2 Å². The van der Waals surface area contributed by atoms with Crippen LogP contribution in [-0.4, -0.2) is 15.9 Å². The number of rotatable bonds is 5. The van der Waals surface area contributed by atoms with Crippen molar-refractivity contribution in [2.24, 2.45) is 5.92 Å². The second-order valence-electron chi connectivity index (χ2n) is 5.82. The summed E-state index contributed by atoms with van der Waals surface area (Å²) in [6.45, 7) is 0. The van der Waals surface area contributed by atoms with Gasteiger partial charge in [0.15, 0.2) is 5.11 Å². The summed E-state index contributed by atoms with van der Waals surface area (Å²) in [5, 5.41) is 16.3. The molecule has 7 heteroatoms. The third-order valence-corrected chi connectivity index (χ3v) is 4.31. The Bertz CT molecular complexity index is 586. The van der Waals surface area contributed by atoms with Crippen molar-refractivity contribution in [3.63, 3.8) is 0 Å². The van der Waals surface area contributed by atoms with Crippen molar-refractivity contribution in [3.05, 3.63) is 34.4 Å². The molecule has 1 aromatic carbocycles. The number of amides is 1. The Kier molecular flexibility index (Phi) is 6.46. The van der Waals surface area contributed by atoms with E-state index in [1.54, 1.807) is 18.2 Å². The zero-order valence-corrected chi connectivity index (χ0v) is 13.7. The second kappa shape index (κ2) is 8.57. The Balaban J connectivity index is 1.80. The van der Waals surface area contributed by atoms with E-state index in [1.165, 1.54) is 38.2 Å². The van der Waals surface area contributed by atoms with Crippen LogP contribution in [0.4, 0.5) is 11.4 Å². The lowest BCUT2D eigenvalue weighted by molar-refractivity contribution is -0.383. The van der Waals surface area contributed by atoms with E-state index in [0.29, 0.717) is 12.3 Å². The van der Waals surface area contributed by atoms with Crippen molar-refractivity contribution in [2.45, 2.75) is 44.9 Å². The molecule has 1 saturated carbocycles. The van der Waals surface area contributed by atoms with Crippen molar-refractivity contribution in [1.82, 2.24) is 5.32 Å². The van der Waals surface area contributed by atoms with Gasteiger partial charge in [-0.25, -0.2) is 0 Å². The van der Waals surface area contributed by atoms with Crippen LogP contribution in [0.2, 0.25) is 0 Å². The Hall–Kier alpha value is -2.02. The average Bonchev–Trinajstić information content (AvgIpc) is 2.54. The highest BCUT2D eigenvalue weighted by Crippen LogP contribution is 2.27. The zero-order valence-electron chi connectivity index (χ0n) is 12.9. The first-order chi connectivity index (χ1) is 11.1. The summed E-state index contributed by atoms with van der Waals surface area (Å²) in [4.78, 5) is 22.4. The van der Waals surface area contributed by atoms with E-state index in [2.05, 4.69) is 10.6 Å². The molecule has 2 N–H and O–H groups in total. The highest BCUT2D eigenvalue weighted by atomic mass is 32.1. The summed E-state index contributed by atoms with van der Waals surface area (Å²) in [7, 11) is 0. The number of hydrogen-bond acceptors (Lipinski definition) is 4. The number of nitro groups is 1. The lowest BCUT2D eigenvalue weighted by atomic mass is 9.86.